The third-order valence-corrected chi connectivity index (χ3v) is 7.75. The van der Waals surface area contributed by atoms with Crippen molar-refractivity contribution in [3.63, 3.8) is 0 Å². The van der Waals surface area contributed by atoms with E-state index in [4.69, 9.17) is 0 Å². The quantitative estimate of drug-likeness (QED) is 0.213. The monoisotopic (exact) mass is 458 g/mol. The van der Waals surface area contributed by atoms with Crippen molar-refractivity contribution >= 4 is 73.7 Å². The molecule has 154 valence electrons. The van der Waals surface area contributed by atoms with Crippen molar-refractivity contribution in [2.24, 2.45) is 0 Å². The molecule has 0 aliphatic heterocycles. The minimum atomic E-state index is -0.156. The summed E-state index contributed by atoms with van der Waals surface area (Å²) in [5, 5.41) is 25.7. The second-order valence-electron chi connectivity index (χ2n) is 7.97. The number of carbonyl (C=O) groups excluding carboxylic acids is 1. The van der Waals surface area contributed by atoms with Gasteiger partial charge in [-0.15, -0.1) is 11.3 Å². The summed E-state index contributed by atoms with van der Waals surface area (Å²) >= 11 is 6.12. The predicted molar refractivity (Wildman–Crippen MR) is 138 cm³/mol. The summed E-state index contributed by atoms with van der Waals surface area (Å²) in [6.45, 7) is 0. The maximum Gasteiger partial charge on any atom is 0.194 e. The van der Waals surface area contributed by atoms with Crippen LogP contribution in [0.15, 0.2) is 59.7 Å². The van der Waals surface area contributed by atoms with Gasteiger partial charge in [-0.05, 0) is 51.3 Å². The summed E-state index contributed by atoms with van der Waals surface area (Å²) < 4.78 is 1.13. The molecule has 5 heteroatoms. The van der Waals surface area contributed by atoms with Crippen LogP contribution in [0.3, 0.4) is 0 Å². The molecule has 3 nitrogen and oxygen atoms in total. The lowest BCUT2D eigenvalue weighted by molar-refractivity contribution is 0.104. The highest BCUT2D eigenvalue weighted by atomic mass is 32.1. The van der Waals surface area contributed by atoms with Crippen LogP contribution in [-0.4, -0.2) is 5.78 Å². The number of hydrogen-bond acceptors (Lipinski definition) is 5. The first-order chi connectivity index (χ1) is 16.2. The van der Waals surface area contributed by atoms with Crippen molar-refractivity contribution in [1.29, 1.82) is 10.5 Å². The van der Waals surface area contributed by atoms with Crippen molar-refractivity contribution in [3.8, 4) is 12.1 Å². The van der Waals surface area contributed by atoms with Crippen molar-refractivity contribution < 1.29 is 4.79 Å². The van der Waals surface area contributed by atoms with Crippen LogP contribution in [0.1, 0.15) is 31.9 Å². The topological polar surface area (TPSA) is 64.7 Å². The van der Waals surface area contributed by atoms with Gasteiger partial charge in [0.2, 0.25) is 0 Å². The number of hydrogen-bond donors (Lipinski definition) is 1. The summed E-state index contributed by atoms with van der Waals surface area (Å²) in [7, 11) is 0. The minimum absolute atomic E-state index is 0.0454. The molecule has 0 saturated carbocycles. The number of Topliss-reactive ketones (excluding diaryl/α,β-unsaturated/α-hetero) is 1. The molecule has 0 spiro atoms. The van der Waals surface area contributed by atoms with Crippen molar-refractivity contribution in [2.45, 2.75) is 6.42 Å². The van der Waals surface area contributed by atoms with Gasteiger partial charge in [-0.3, -0.25) is 4.79 Å². The number of ketones is 1. The Balaban J connectivity index is 1.74. The first-order valence-corrected chi connectivity index (χ1v) is 11.7. The van der Waals surface area contributed by atoms with Gasteiger partial charge in [-0.2, -0.15) is 23.2 Å². The Morgan fingerprint density at radius 2 is 1.82 bits per heavy atom. The summed E-state index contributed by atoms with van der Waals surface area (Å²) in [6, 6.07) is 17.4. The molecule has 0 saturated heterocycles. The highest BCUT2D eigenvalue weighted by molar-refractivity contribution is 7.88. The van der Waals surface area contributed by atoms with E-state index in [1.54, 1.807) is 29.5 Å². The smallest absolute Gasteiger partial charge is 0.194 e. The van der Waals surface area contributed by atoms with Gasteiger partial charge in [0.15, 0.2) is 5.78 Å². The molecular formula is C28H14N2OS2. The minimum Gasteiger partial charge on any atom is -0.289 e. The van der Waals surface area contributed by atoms with Crippen LogP contribution in [0.25, 0.3) is 44.0 Å². The number of thiol groups is 1. The summed E-state index contributed by atoms with van der Waals surface area (Å²) in [4.78, 5) is 14.4. The van der Waals surface area contributed by atoms with Gasteiger partial charge in [0.05, 0.1) is 0 Å². The van der Waals surface area contributed by atoms with Crippen LogP contribution in [-0.2, 0) is 6.42 Å². The molecule has 33 heavy (non-hydrogen) atoms. The molecule has 0 unspecified atom stereocenters. The van der Waals surface area contributed by atoms with E-state index >= 15 is 0 Å². The molecule has 0 radical (unpaired) electrons. The normalized spacial score (nSPS) is 16.0. The number of benzene rings is 3. The molecular weight excluding hydrogens is 444 g/mol. The van der Waals surface area contributed by atoms with Crippen LogP contribution >= 0.6 is 24.0 Å². The Bertz CT molecular complexity index is 1770. The Morgan fingerprint density at radius 3 is 2.58 bits per heavy atom. The van der Waals surface area contributed by atoms with E-state index in [1.807, 2.05) is 35.8 Å². The summed E-state index contributed by atoms with van der Waals surface area (Å²) in [6.07, 6.45) is 7.01. The summed E-state index contributed by atoms with van der Waals surface area (Å²) in [5.41, 5.74) is 4.33. The Labute approximate surface area is 199 Å². The first-order valence-electron chi connectivity index (χ1n) is 10.4. The van der Waals surface area contributed by atoms with E-state index in [-0.39, 0.29) is 11.4 Å². The number of carbonyl (C=O) groups is 1. The zero-order valence-corrected chi connectivity index (χ0v) is 18.9. The zero-order chi connectivity index (χ0) is 22.7. The van der Waals surface area contributed by atoms with Crippen molar-refractivity contribution in [2.75, 3.05) is 0 Å². The van der Waals surface area contributed by atoms with E-state index < -0.39 is 0 Å². The van der Waals surface area contributed by atoms with Crippen molar-refractivity contribution in [3.05, 3.63) is 92.0 Å². The maximum atomic E-state index is 13.4. The largest absolute Gasteiger partial charge is 0.289 e. The number of nitriles is 2. The first kappa shape index (κ1) is 19.8. The molecule has 3 aromatic carbocycles. The molecule has 0 atom stereocenters. The fourth-order valence-corrected chi connectivity index (χ4v) is 6.53. The van der Waals surface area contributed by atoms with E-state index in [1.165, 1.54) is 5.56 Å². The van der Waals surface area contributed by atoms with Crippen LogP contribution in [0.5, 0.6) is 0 Å². The second kappa shape index (κ2) is 7.32. The number of rotatable bonds is 1. The molecule has 0 N–H and O–H groups in total. The maximum absolute atomic E-state index is 13.4. The van der Waals surface area contributed by atoms with Gasteiger partial charge in [0.1, 0.15) is 17.7 Å². The lowest BCUT2D eigenvalue weighted by Crippen LogP contribution is -2.10. The molecule has 4 aromatic rings. The van der Waals surface area contributed by atoms with Crippen LogP contribution < -0.4 is 5.22 Å². The van der Waals surface area contributed by atoms with E-state index in [9.17, 15) is 15.3 Å². The lowest BCUT2D eigenvalue weighted by atomic mass is 9.94. The van der Waals surface area contributed by atoms with Gasteiger partial charge in [0, 0.05) is 37.1 Å². The molecule has 6 rings (SSSR count). The van der Waals surface area contributed by atoms with Crippen LogP contribution in [0.4, 0.5) is 0 Å². The number of nitrogens with zero attached hydrogens (tertiary/aromatic N) is 2. The second-order valence-corrected chi connectivity index (χ2v) is 9.31. The van der Waals surface area contributed by atoms with Crippen molar-refractivity contribution in [1.82, 2.24) is 0 Å². The van der Waals surface area contributed by atoms with Gasteiger partial charge in [0.25, 0.3) is 0 Å². The van der Waals surface area contributed by atoms with Crippen LogP contribution in [0.2, 0.25) is 0 Å². The average molecular weight is 459 g/mol. The standard InChI is InChI=1S/C28H14N2OS2/c29-12-15(13-30)25-18-5-1-2-6-20(18)28(31)21(25)11-24-27-17-8-3-7-16(17)22(14-32)19-9-4-10-23(33-24)26(19)27/h1-6,8-11,14,32H,7H2/b21-11-,22-14+. The fraction of sp³-hybridized carbons (Fsp3) is 0.0357. The number of fused-ring (bicyclic) bond motifs is 3. The molecule has 2 aliphatic carbocycles. The molecule has 2 aliphatic rings. The molecule has 0 bridgehead atoms. The van der Waals surface area contributed by atoms with Crippen LogP contribution in [0, 0.1) is 22.7 Å². The third-order valence-electron chi connectivity index (χ3n) is 6.39. The van der Waals surface area contributed by atoms with E-state index in [0.29, 0.717) is 22.3 Å². The molecule has 0 fully saturated rings. The average Bonchev–Trinajstić information content (AvgIpc) is 3.53. The van der Waals surface area contributed by atoms with Gasteiger partial charge < -0.3 is 0 Å². The summed E-state index contributed by atoms with van der Waals surface area (Å²) in [5.74, 6) is -0.156. The fourth-order valence-electron chi connectivity index (χ4n) is 5.04. The molecule has 1 aromatic heterocycles. The molecule has 1 heterocycles. The third kappa shape index (κ3) is 2.64. The number of thiophene rings is 1. The Morgan fingerprint density at radius 1 is 1.03 bits per heavy atom. The highest BCUT2D eigenvalue weighted by Crippen LogP contribution is 2.45. The zero-order valence-electron chi connectivity index (χ0n) is 17.2. The van der Waals surface area contributed by atoms with E-state index in [0.717, 1.165) is 42.9 Å². The van der Waals surface area contributed by atoms with Gasteiger partial charge in [-0.25, -0.2) is 0 Å². The van der Waals surface area contributed by atoms with Gasteiger partial charge in [-0.1, -0.05) is 48.6 Å². The Hall–Kier alpha value is -3.90. The Kier molecular flexibility index (Phi) is 4.38. The SMILES string of the molecule is N#CC(C#N)=C1/C(=C/c2sc3cccc4/c(=C/S)c5c(c2c34)C=CC5)C(=O)c2ccccc21. The molecule has 0 amide bonds. The highest BCUT2D eigenvalue weighted by Gasteiger charge is 2.33. The van der Waals surface area contributed by atoms with Gasteiger partial charge >= 0.3 is 0 Å². The predicted octanol–water partition coefficient (Wildman–Crippen LogP) is 6.09. The lowest BCUT2D eigenvalue weighted by Gasteiger charge is -2.09. The van der Waals surface area contributed by atoms with E-state index in [2.05, 4.69) is 36.9 Å². The number of allylic oxidation sites excluding steroid dienone is 4.